The molecule has 0 heterocycles. The van der Waals surface area contributed by atoms with Crippen molar-refractivity contribution in [1.29, 1.82) is 0 Å². The number of amides is 4. The molecular formula is C19H32N6O10. The van der Waals surface area contributed by atoms with Gasteiger partial charge in [-0.25, -0.2) is 4.79 Å². The molecule has 198 valence electrons. The Morgan fingerprint density at radius 2 is 1.20 bits per heavy atom. The van der Waals surface area contributed by atoms with E-state index in [2.05, 4.69) is 10.6 Å². The largest absolute Gasteiger partial charge is 0.481 e. The predicted molar refractivity (Wildman–Crippen MR) is 117 cm³/mol. The minimum absolute atomic E-state index is 0.00629. The van der Waals surface area contributed by atoms with Gasteiger partial charge in [0.05, 0.1) is 18.9 Å². The summed E-state index contributed by atoms with van der Waals surface area (Å²) in [6.45, 7) is 0.271. The summed E-state index contributed by atoms with van der Waals surface area (Å²) in [7, 11) is 0. The molecule has 0 aromatic heterocycles. The van der Waals surface area contributed by atoms with Crippen LogP contribution in [0.15, 0.2) is 0 Å². The van der Waals surface area contributed by atoms with Crippen molar-refractivity contribution in [2.75, 3.05) is 6.54 Å². The molecule has 0 aromatic carbocycles. The summed E-state index contributed by atoms with van der Waals surface area (Å²) in [4.78, 5) is 81.8. The molecular weight excluding hydrogens is 472 g/mol. The summed E-state index contributed by atoms with van der Waals surface area (Å²) in [6, 6.07) is -6.12. The van der Waals surface area contributed by atoms with Crippen LogP contribution in [0.3, 0.4) is 0 Å². The highest BCUT2D eigenvalue weighted by atomic mass is 16.4. The second kappa shape index (κ2) is 15.9. The van der Waals surface area contributed by atoms with Crippen LogP contribution in [0.5, 0.6) is 0 Å². The van der Waals surface area contributed by atoms with Gasteiger partial charge in [-0.1, -0.05) is 0 Å². The molecule has 4 atom stereocenters. The molecule has 0 spiro atoms. The number of nitrogens with two attached hydrogens (primary N) is 3. The van der Waals surface area contributed by atoms with Crippen molar-refractivity contribution in [2.24, 2.45) is 17.2 Å². The third-order valence-electron chi connectivity index (χ3n) is 4.62. The van der Waals surface area contributed by atoms with Gasteiger partial charge in [-0.3, -0.25) is 28.8 Å². The summed E-state index contributed by atoms with van der Waals surface area (Å²) >= 11 is 0. The van der Waals surface area contributed by atoms with E-state index in [0.717, 1.165) is 0 Å². The molecule has 4 amide bonds. The van der Waals surface area contributed by atoms with Crippen LogP contribution in [0.2, 0.25) is 0 Å². The summed E-state index contributed by atoms with van der Waals surface area (Å²) < 4.78 is 0. The molecule has 16 nitrogen and oxygen atoms in total. The van der Waals surface area contributed by atoms with Crippen molar-refractivity contribution in [3.8, 4) is 0 Å². The van der Waals surface area contributed by atoms with Crippen molar-refractivity contribution >= 4 is 41.5 Å². The van der Waals surface area contributed by atoms with Crippen molar-refractivity contribution in [2.45, 2.75) is 69.1 Å². The van der Waals surface area contributed by atoms with Gasteiger partial charge in [-0.05, 0) is 32.2 Å². The number of carbonyl (C=O) groups is 7. The summed E-state index contributed by atoms with van der Waals surface area (Å²) in [6.07, 6.45) is -1.58. The molecule has 0 aliphatic heterocycles. The number of hydrogen-bond acceptors (Lipinski definition) is 9. The van der Waals surface area contributed by atoms with Crippen molar-refractivity contribution < 1.29 is 48.9 Å². The topological polar surface area (TPSA) is 294 Å². The van der Waals surface area contributed by atoms with Crippen molar-refractivity contribution in [3.05, 3.63) is 0 Å². The van der Waals surface area contributed by atoms with Crippen LogP contribution < -0.4 is 33.2 Å². The van der Waals surface area contributed by atoms with E-state index in [1.807, 2.05) is 5.32 Å². The van der Waals surface area contributed by atoms with Crippen LogP contribution in [-0.4, -0.2) is 87.6 Å². The van der Waals surface area contributed by atoms with Crippen molar-refractivity contribution in [3.63, 3.8) is 0 Å². The van der Waals surface area contributed by atoms with Gasteiger partial charge >= 0.3 is 17.9 Å². The van der Waals surface area contributed by atoms with E-state index in [4.69, 9.17) is 27.4 Å². The van der Waals surface area contributed by atoms with Gasteiger partial charge in [0.25, 0.3) is 0 Å². The smallest absolute Gasteiger partial charge is 0.326 e. The van der Waals surface area contributed by atoms with Gasteiger partial charge in [0.2, 0.25) is 23.6 Å². The number of hydrogen-bond donors (Lipinski definition) is 9. The lowest BCUT2D eigenvalue weighted by atomic mass is 10.1. The van der Waals surface area contributed by atoms with E-state index in [1.54, 1.807) is 0 Å². The summed E-state index contributed by atoms with van der Waals surface area (Å²) in [5.41, 5.74) is 15.9. The van der Waals surface area contributed by atoms with Gasteiger partial charge in [-0.2, -0.15) is 0 Å². The van der Waals surface area contributed by atoms with Crippen LogP contribution in [0.4, 0.5) is 0 Å². The second-order valence-electron chi connectivity index (χ2n) is 7.61. The Labute approximate surface area is 199 Å². The standard InChI is InChI=1S/C19H32N6O10/c20-6-2-1-3-10(23-16(31)9(21)7-14(27)28)17(32)25-12(8-15(29)30)18(33)24-11(19(34)35)4-5-13(22)26/h9-12H,1-8,20-21H2,(H2,22,26)(H,23,31)(H,24,33)(H,25,32)(H,27,28)(H,29,30)(H,34,35). The highest BCUT2D eigenvalue weighted by Crippen LogP contribution is 2.05. The first-order valence-electron chi connectivity index (χ1n) is 10.6. The summed E-state index contributed by atoms with van der Waals surface area (Å²) in [5, 5.41) is 33.6. The van der Waals surface area contributed by atoms with E-state index in [-0.39, 0.29) is 25.8 Å². The van der Waals surface area contributed by atoms with Gasteiger partial charge in [0.15, 0.2) is 0 Å². The molecule has 0 aliphatic carbocycles. The Morgan fingerprint density at radius 3 is 1.69 bits per heavy atom. The molecule has 0 aromatic rings. The van der Waals surface area contributed by atoms with E-state index >= 15 is 0 Å². The average molecular weight is 504 g/mol. The van der Waals surface area contributed by atoms with Crippen LogP contribution in [0, 0.1) is 0 Å². The maximum Gasteiger partial charge on any atom is 0.326 e. The number of primary amides is 1. The third kappa shape index (κ3) is 13.5. The maximum atomic E-state index is 12.8. The fourth-order valence-electron chi connectivity index (χ4n) is 2.79. The lowest BCUT2D eigenvalue weighted by Gasteiger charge is -2.24. The molecule has 0 aliphatic rings. The van der Waals surface area contributed by atoms with Crippen LogP contribution in [0.25, 0.3) is 0 Å². The minimum Gasteiger partial charge on any atom is -0.481 e. The van der Waals surface area contributed by atoms with E-state index in [0.29, 0.717) is 12.8 Å². The molecule has 0 saturated carbocycles. The number of rotatable bonds is 18. The number of aliphatic carboxylic acids is 3. The Morgan fingerprint density at radius 1 is 0.686 bits per heavy atom. The zero-order chi connectivity index (χ0) is 27.1. The number of carboxylic acids is 3. The lowest BCUT2D eigenvalue weighted by Crippen LogP contribution is -2.57. The first-order chi connectivity index (χ1) is 16.3. The molecule has 0 saturated heterocycles. The van der Waals surface area contributed by atoms with Gasteiger partial charge in [0.1, 0.15) is 18.1 Å². The SMILES string of the molecule is NCCCCC(NC(=O)C(N)CC(=O)O)C(=O)NC(CC(=O)O)C(=O)NC(CCC(N)=O)C(=O)O. The van der Waals surface area contributed by atoms with E-state index in [1.165, 1.54) is 0 Å². The first-order valence-corrected chi connectivity index (χ1v) is 10.6. The van der Waals surface area contributed by atoms with Crippen LogP contribution >= 0.6 is 0 Å². The molecule has 16 heteroatoms. The van der Waals surface area contributed by atoms with Crippen LogP contribution in [0.1, 0.15) is 44.9 Å². The number of unbranched alkanes of at least 4 members (excludes halogenated alkanes) is 1. The minimum atomic E-state index is -1.74. The predicted octanol–water partition coefficient (Wildman–Crippen LogP) is -3.80. The fraction of sp³-hybridized carbons (Fsp3) is 0.632. The molecule has 0 rings (SSSR count). The zero-order valence-electron chi connectivity index (χ0n) is 18.9. The average Bonchev–Trinajstić information content (AvgIpc) is 2.73. The number of nitrogens with one attached hydrogen (secondary N) is 3. The highest BCUT2D eigenvalue weighted by molar-refractivity contribution is 5.96. The quantitative estimate of drug-likeness (QED) is 0.0812. The molecule has 0 radical (unpaired) electrons. The Bertz CT molecular complexity index is 805. The Hall–Kier alpha value is -3.79. The molecule has 35 heavy (non-hydrogen) atoms. The molecule has 12 N–H and O–H groups in total. The van der Waals surface area contributed by atoms with E-state index in [9.17, 15) is 38.7 Å². The monoisotopic (exact) mass is 504 g/mol. The number of carboxylic acid groups (broad SMARTS) is 3. The number of carbonyl (C=O) groups excluding carboxylic acids is 4. The van der Waals surface area contributed by atoms with Crippen molar-refractivity contribution in [1.82, 2.24) is 16.0 Å². The lowest BCUT2D eigenvalue weighted by molar-refractivity contribution is -0.143. The van der Waals surface area contributed by atoms with E-state index < -0.39 is 78.5 Å². The molecule has 4 unspecified atom stereocenters. The van der Waals surface area contributed by atoms with Gasteiger partial charge < -0.3 is 48.5 Å². The summed E-state index contributed by atoms with van der Waals surface area (Å²) in [5.74, 6) is -8.29. The second-order valence-corrected chi connectivity index (χ2v) is 7.61. The zero-order valence-corrected chi connectivity index (χ0v) is 18.9. The first kappa shape index (κ1) is 31.2. The molecule has 0 bridgehead atoms. The fourth-order valence-corrected chi connectivity index (χ4v) is 2.79. The third-order valence-corrected chi connectivity index (χ3v) is 4.62. The Balaban J connectivity index is 5.54. The molecule has 0 fully saturated rings. The highest BCUT2D eigenvalue weighted by Gasteiger charge is 2.31. The normalized spacial score (nSPS) is 14.0. The Kier molecular flexibility index (Phi) is 14.2. The van der Waals surface area contributed by atoms with Gasteiger partial charge in [0, 0.05) is 6.42 Å². The van der Waals surface area contributed by atoms with Crippen LogP contribution in [-0.2, 0) is 33.6 Å². The van der Waals surface area contributed by atoms with Gasteiger partial charge in [-0.15, -0.1) is 0 Å². The maximum absolute atomic E-state index is 12.8.